The highest BCUT2D eigenvalue weighted by molar-refractivity contribution is 4.76. The number of piperidine rings is 1. The SMILES string of the molecule is OCCOC1CCN(CC2CCCCC2)CC1. The largest absolute Gasteiger partial charge is 0.394 e. The first kappa shape index (κ1) is 13.3. The van der Waals surface area contributed by atoms with Gasteiger partial charge in [0.2, 0.25) is 0 Å². The molecule has 17 heavy (non-hydrogen) atoms. The Balaban J connectivity index is 1.61. The van der Waals surface area contributed by atoms with Gasteiger partial charge < -0.3 is 14.7 Å². The van der Waals surface area contributed by atoms with Crippen LogP contribution in [0.5, 0.6) is 0 Å². The average molecular weight is 241 g/mol. The van der Waals surface area contributed by atoms with E-state index >= 15 is 0 Å². The summed E-state index contributed by atoms with van der Waals surface area (Å²) in [5, 5.41) is 8.73. The molecule has 1 heterocycles. The maximum absolute atomic E-state index is 8.73. The summed E-state index contributed by atoms with van der Waals surface area (Å²) >= 11 is 0. The first-order valence-corrected chi connectivity index (χ1v) is 7.33. The van der Waals surface area contributed by atoms with Crippen LogP contribution >= 0.6 is 0 Å². The van der Waals surface area contributed by atoms with Gasteiger partial charge in [-0.25, -0.2) is 0 Å². The molecule has 0 radical (unpaired) electrons. The summed E-state index contributed by atoms with van der Waals surface area (Å²) in [5.41, 5.74) is 0. The third-order valence-electron chi connectivity index (χ3n) is 4.22. The lowest BCUT2D eigenvalue weighted by Crippen LogP contribution is -2.40. The van der Waals surface area contributed by atoms with Crippen molar-refractivity contribution in [2.75, 3.05) is 32.8 Å². The highest BCUT2D eigenvalue weighted by Crippen LogP contribution is 2.25. The molecule has 0 aromatic rings. The molecule has 0 atom stereocenters. The summed E-state index contributed by atoms with van der Waals surface area (Å²) in [5.74, 6) is 0.957. The maximum atomic E-state index is 8.73. The Hall–Kier alpha value is -0.120. The molecular formula is C14H27NO2. The van der Waals surface area contributed by atoms with Gasteiger partial charge in [-0.2, -0.15) is 0 Å². The molecule has 0 bridgehead atoms. The van der Waals surface area contributed by atoms with Gasteiger partial charge in [0.15, 0.2) is 0 Å². The number of hydrogen-bond acceptors (Lipinski definition) is 3. The summed E-state index contributed by atoms with van der Waals surface area (Å²) in [4.78, 5) is 2.62. The zero-order valence-corrected chi connectivity index (χ0v) is 10.9. The second-order valence-electron chi connectivity index (χ2n) is 5.60. The van der Waals surface area contributed by atoms with Crippen LogP contribution in [0.3, 0.4) is 0 Å². The van der Waals surface area contributed by atoms with Crippen LogP contribution in [0.2, 0.25) is 0 Å². The number of aliphatic hydroxyl groups excluding tert-OH is 1. The molecule has 1 saturated heterocycles. The van der Waals surface area contributed by atoms with Crippen LogP contribution in [0.25, 0.3) is 0 Å². The molecule has 1 saturated carbocycles. The van der Waals surface area contributed by atoms with E-state index in [0.717, 1.165) is 18.8 Å². The first-order chi connectivity index (χ1) is 8.38. The molecule has 2 fully saturated rings. The van der Waals surface area contributed by atoms with Gasteiger partial charge in [0.05, 0.1) is 19.3 Å². The maximum Gasteiger partial charge on any atom is 0.0701 e. The van der Waals surface area contributed by atoms with E-state index in [1.54, 1.807) is 0 Å². The van der Waals surface area contributed by atoms with Crippen molar-refractivity contribution < 1.29 is 9.84 Å². The van der Waals surface area contributed by atoms with Crippen LogP contribution < -0.4 is 0 Å². The van der Waals surface area contributed by atoms with Crippen LogP contribution in [0, 0.1) is 5.92 Å². The Morgan fingerprint density at radius 2 is 1.71 bits per heavy atom. The van der Waals surface area contributed by atoms with E-state index in [2.05, 4.69) is 4.90 Å². The third-order valence-corrected chi connectivity index (χ3v) is 4.22. The predicted octanol–water partition coefficient (Wildman–Crippen LogP) is 2.04. The fourth-order valence-electron chi connectivity index (χ4n) is 3.21. The highest BCUT2D eigenvalue weighted by Gasteiger charge is 2.22. The molecule has 0 aromatic carbocycles. The van der Waals surface area contributed by atoms with E-state index in [0.29, 0.717) is 12.7 Å². The van der Waals surface area contributed by atoms with Gasteiger partial charge >= 0.3 is 0 Å². The second kappa shape index (κ2) is 7.34. The number of hydrogen-bond donors (Lipinski definition) is 1. The van der Waals surface area contributed by atoms with Gasteiger partial charge in [-0.05, 0) is 31.6 Å². The molecular weight excluding hydrogens is 214 g/mol. The molecule has 100 valence electrons. The molecule has 3 nitrogen and oxygen atoms in total. The van der Waals surface area contributed by atoms with Crippen molar-refractivity contribution in [3.63, 3.8) is 0 Å². The summed E-state index contributed by atoms with van der Waals surface area (Å²) in [7, 11) is 0. The third kappa shape index (κ3) is 4.57. The Bertz CT molecular complexity index is 196. The van der Waals surface area contributed by atoms with E-state index < -0.39 is 0 Å². The van der Waals surface area contributed by atoms with Gasteiger partial charge in [-0.15, -0.1) is 0 Å². The van der Waals surface area contributed by atoms with Crippen LogP contribution in [-0.4, -0.2) is 49.0 Å². The highest BCUT2D eigenvalue weighted by atomic mass is 16.5. The molecule has 0 aromatic heterocycles. The number of nitrogens with zero attached hydrogens (tertiary/aromatic N) is 1. The molecule has 0 amide bonds. The van der Waals surface area contributed by atoms with Crippen LogP contribution in [-0.2, 0) is 4.74 Å². The van der Waals surface area contributed by atoms with Crippen LogP contribution in [0.15, 0.2) is 0 Å². The minimum atomic E-state index is 0.155. The lowest BCUT2D eigenvalue weighted by molar-refractivity contribution is -0.0107. The number of rotatable bonds is 5. The van der Waals surface area contributed by atoms with Gasteiger partial charge in [0.1, 0.15) is 0 Å². The first-order valence-electron chi connectivity index (χ1n) is 7.33. The fraction of sp³-hybridized carbons (Fsp3) is 1.00. The van der Waals surface area contributed by atoms with Gasteiger partial charge in [0.25, 0.3) is 0 Å². The quantitative estimate of drug-likeness (QED) is 0.799. The van der Waals surface area contributed by atoms with Crippen molar-refractivity contribution in [2.45, 2.75) is 51.0 Å². The van der Waals surface area contributed by atoms with Crippen molar-refractivity contribution in [3.8, 4) is 0 Å². The summed E-state index contributed by atoms with van der Waals surface area (Å²) in [6.07, 6.45) is 9.92. The van der Waals surface area contributed by atoms with Gasteiger partial charge in [-0.3, -0.25) is 0 Å². The molecule has 2 aliphatic rings. The second-order valence-corrected chi connectivity index (χ2v) is 5.60. The zero-order valence-electron chi connectivity index (χ0n) is 10.9. The minimum absolute atomic E-state index is 0.155. The van der Waals surface area contributed by atoms with Crippen molar-refractivity contribution in [3.05, 3.63) is 0 Å². The monoisotopic (exact) mass is 241 g/mol. The molecule has 1 aliphatic carbocycles. The van der Waals surface area contributed by atoms with E-state index in [-0.39, 0.29) is 6.61 Å². The summed E-state index contributed by atoms with van der Waals surface area (Å²) in [6, 6.07) is 0. The number of aliphatic hydroxyl groups is 1. The molecule has 1 N–H and O–H groups in total. The molecule has 2 rings (SSSR count). The van der Waals surface area contributed by atoms with E-state index in [1.807, 2.05) is 0 Å². The van der Waals surface area contributed by atoms with Crippen molar-refractivity contribution in [1.82, 2.24) is 4.90 Å². The lowest BCUT2D eigenvalue weighted by Gasteiger charge is -2.35. The van der Waals surface area contributed by atoms with Crippen molar-refractivity contribution >= 4 is 0 Å². The van der Waals surface area contributed by atoms with Crippen LogP contribution in [0.4, 0.5) is 0 Å². The smallest absolute Gasteiger partial charge is 0.0701 e. The number of likely N-dealkylation sites (tertiary alicyclic amines) is 1. The van der Waals surface area contributed by atoms with E-state index in [1.165, 1.54) is 51.7 Å². The van der Waals surface area contributed by atoms with Gasteiger partial charge in [0, 0.05) is 19.6 Å². The Kier molecular flexibility index (Phi) is 5.75. The van der Waals surface area contributed by atoms with Crippen molar-refractivity contribution in [2.24, 2.45) is 5.92 Å². The molecule has 0 unspecified atom stereocenters. The fourth-order valence-corrected chi connectivity index (χ4v) is 3.21. The Labute approximate surface area is 105 Å². The van der Waals surface area contributed by atoms with Gasteiger partial charge in [-0.1, -0.05) is 19.3 Å². The molecule has 3 heteroatoms. The van der Waals surface area contributed by atoms with E-state index in [9.17, 15) is 0 Å². The predicted molar refractivity (Wildman–Crippen MR) is 69.1 cm³/mol. The normalized spacial score (nSPS) is 25.2. The Morgan fingerprint density at radius 3 is 2.35 bits per heavy atom. The van der Waals surface area contributed by atoms with E-state index in [4.69, 9.17) is 9.84 Å². The molecule has 1 aliphatic heterocycles. The molecule has 0 spiro atoms. The zero-order chi connectivity index (χ0) is 11.9. The average Bonchev–Trinajstić information content (AvgIpc) is 2.39. The summed E-state index contributed by atoms with van der Waals surface area (Å²) in [6.45, 7) is 4.35. The minimum Gasteiger partial charge on any atom is -0.394 e. The topological polar surface area (TPSA) is 32.7 Å². The summed E-state index contributed by atoms with van der Waals surface area (Å²) < 4.78 is 5.59. The number of ether oxygens (including phenoxy) is 1. The lowest BCUT2D eigenvalue weighted by atomic mass is 9.88. The Morgan fingerprint density at radius 1 is 1.00 bits per heavy atom. The standard InChI is InChI=1S/C14H27NO2/c16-10-11-17-14-6-8-15(9-7-14)12-13-4-2-1-3-5-13/h13-14,16H,1-12H2. The van der Waals surface area contributed by atoms with Crippen LogP contribution in [0.1, 0.15) is 44.9 Å². The van der Waals surface area contributed by atoms with Crippen molar-refractivity contribution in [1.29, 1.82) is 0 Å².